The summed E-state index contributed by atoms with van der Waals surface area (Å²) in [4.78, 5) is 11.7. The van der Waals surface area contributed by atoms with E-state index in [0.717, 1.165) is 16.8 Å². The molecule has 112 valence electrons. The zero-order chi connectivity index (χ0) is 15.8. The Hall–Kier alpha value is -2.80. The van der Waals surface area contributed by atoms with Gasteiger partial charge in [-0.25, -0.2) is 4.39 Å². The minimum atomic E-state index is -0.258. The first-order chi connectivity index (χ1) is 10.7. The first-order valence-corrected chi connectivity index (χ1v) is 6.99. The Kier molecular flexibility index (Phi) is 5.56. The Bertz CT molecular complexity index is 674. The Labute approximate surface area is 129 Å². The number of benzene rings is 2. The van der Waals surface area contributed by atoms with Crippen molar-refractivity contribution >= 4 is 11.6 Å². The fourth-order valence-corrected chi connectivity index (χ4v) is 1.96. The molecule has 0 atom stereocenters. The summed E-state index contributed by atoms with van der Waals surface area (Å²) >= 11 is 0. The van der Waals surface area contributed by atoms with Crippen molar-refractivity contribution in [3.63, 3.8) is 0 Å². The van der Waals surface area contributed by atoms with Gasteiger partial charge < -0.3 is 10.6 Å². The van der Waals surface area contributed by atoms with E-state index in [1.165, 1.54) is 12.1 Å². The van der Waals surface area contributed by atoms with Crippen molar-refractivity contribution in [2.75, 3.05) is 18.4 Å². The van der Waals surface area contributed by atoms with Gasteiger partial charge in [-0.1, -0.05) is 24.1 Å². The summed E-state index contributed by atoms with van der Waals surface area (Å²) < 4.78 is 12.8. The fourth-order valence-electron chi connectivity index (χ4n) is 1.96. The molecule has 3 nitrogen and oxygen atoms in total. The Morgan fingerprint density at radius 1 is 1.18 bits per heavy atom. The van der Waals surface area contributed by atoms with E-state index in [2.05, 4.69) is 16.6 Å². The number of carbonyl (C=O) groups is 1. The van der Waals surface area contributed by atoms with Gasteiger partial charge in [-0.2, -0.15) is 0 Å². The fraction of sp³-hybridized carbons (Fsp3) is 0.167. The van der Waals surface area contributed by atoms with Crippen molar-refractivity contribution in [2.45, 2.75) is 6.42 Å². The monoisotopic (exact) mass is 296 g/mol. The van der Waals surface area contributed by atoms with Gasteiger partial charge in [-0.05, 0) is 42.3 Å². The topological polar surface area (TPSA) is 41.1 Å². The third kappa shape index (κ3) is 4.95. The number of rotatable bonds is 6. The summed E-state index contributed by atoms with van der Waals surface area (Å²) in [6.07, 6.45) is 5.99. The third-order valence-electron chi connectivity index (χ3n) is 3.13. The van der Waals surface area contributed by atoms with Crippen molar-refractivity contribution in [1.29, 1.82) is 0 Å². The van der Waals surface area contributed by atoms with Gasteiger partial charge in [-0.15, -0.1) is 6.42 Å². The largest absolute Gasteiger partial charge is 0.376 e. The molecule has 0 aliphatic heterocycles. The molecule has 0 aromatic heterocycles. The van der Waals surface area contributed by atoms with E-state index in [-0.39, 0.29) is 18.3 Å². The molecular weight excluding hydrogens is 279 g/mol. The highest BCUT2D eigenvalue weighted by molar-refractivity contribution is 5.80. The Balaban J connectivity index is 1.71. The SMILES string of the molecule is C#Cc1cccc(NCC(=O)NCCc2ccc(F)cc2)c1. The van der Waals surface area contributed by atoms with Crippen LogP contribution in [0.25, 0.3) is 0 Å². The molecule has 2 rings (SSSR count). The molecular formula is C18H17FN2O. The number of terminal acetylenes is 1. The molecule has 0 aliphatic carbocycles. The van der Waals surface area contributed by atoms with Crippen LogP contribution in [-0.2, 0) is 11.2 Å². The molecule has 0 bridgehead atoms. The van der Waals surface area contributed by atoms with Gasteiger partial charge in [0.05, 0.1) is 6.54 Å². The molecule has 0 saturated heterocycles. The maximum Gasteiger partial charge on any atom is 0.239 e. The standard InChI is InChI=1S/C18H17FN2O/c1-2-14-4-3-5-17(12-14)21-13-18(22)20-11-10-15-6-8-16(19)9-7-15/h1,3-9,12,21H,10-11,13H2,(H,20,22). The van der Waals surface area contributed by atoms with Crippen LogP contribution >= 0.6 is 0 Å². The van der Waals surface area contributed by atoms with Crippen molar-refractivity contribution in [3.05, 3.63) is 65.5 Å². The second-order valence-electron chi connectivity index (χ2n) is 4.81. The predicted octanol–water partition coefficient (Wildman–Crippen LogP) is 2.58. The van der Waals surface area contributed by atoms with Gasteiger partial charge in [0.1, 0.15) is 5.82 Å². The molecule has 0 radical (unpaired) electrons. The van der Waals surface area contributed by atoms with E-state index in [1.54, 1.807) is 12.1 Å². The first-order valence-electron chi connectivity index (χ1n) is 6.99. The molecule has 0 saturated carbocycles. The smallest absolute Gasteiger partial charge is 0.239 e. The molecule has 0 aliphatic rings. The van der Waals surface area contributed by atoms with Crippen LogP contribution in [0, 0.1) is 18.2 Å². The lowest BCUT2D eigenvalue weighted by molar-refractivity contribution is -0.119. The van der Waals surface area contributed by atoms with Crippen LogP contribution in [0.5, 0.6) is 0 Å². The number of nitrogens with one attached hydrogen (secondary N) is 2. The maximum absolute atomic E-state index is 12.8. The van der Waals surface area contributed by atoms with Crippen molar-refractivity contribution in [1.82, 2.24) is 5.32 Å². The molecule has 0 heterocycles. The van der Waals surface area contributed by atoms with Gasteiger partial charge in [0, 0.05) is 17.8 Å². The number of carbonyl (C=O) groups excluding carboxylic acids is 1. The second kappa shape index (κ2) is 7.84. The van der Waals surface area contributed by atoms with Crippen LogP contribution in [0.15, 0.2) is 48.5 Å². The summed E-state index contributed by atoms with van der Waals surface area (Å²) in [5.41, 5.74) is 2.56. The normalized spacial score (nSPS) is 9.82. The Morgan fingerprint density at radius 3 is 2.68 bits per heavy atom. The third-order valence-corrected chi connectivity index (χ3v) is 3.13. The minimum Gasteiger partial charge on any atom is -0.376 e. The second-order valence-corrected chi connectivity index (χ2v) is 4.81. The van der Waals surface area contributed by atoms with Crippen LogP contribution in [0.3, 0.4) is 0 Å². The van der Waals surface area contributed by atoms with Gasteiger partial charge in [0.15, 0.2) is 0 Å². The van der Waals surface area contributed by atoms with Crippen molar-refractivity contribution < 1.29 is 9.18 Å². The summed E-state index contributed by atoms with van der Waals surface area (Å²) in [6, 6.07) is 13.6. The highest BCUT2D eigenvalue weighted by atomic mass is 19.1. The number of hydrogen-bond acceptors (Lipinski definition) is 2. The number of halogens is 1. The van der Waals surface area contributed by atoms with Gasteiger partial charge in [-0.3, -0.25) is 4.79 Å². The van der Waals surface area contributed by atoms with Crippen LogP contribution in [0.1, 0.15) is 11.1 Å². The lowest BCUT2D eigenvalue weighted by atomic mass is 10.1. The van der Waals surface area contributed by atoms with E-state index in [1.807, 2.05) is 24.3 Å². The van der Waals surface area contributed by atoms with Gasteiger partial charge in [0.25, 0.3) is 0 Å². The van der Waals surface area contributed by atoms with Crippen molar-refractivity contribution in [2.24, 2.45) is 0 Å². The molecule has 4 heteroatoms. The lowest BCUT2D eigenvalue weighted by Crippen LogP contribution is -2.31. The molecule has 0 spiro atoms. The van der Waals surface area contributed by atoms with Crippen molar-refractivity contribution in [3.8, 4) is 12.3 Å². The molecule has 1 amide bonds. The van der Waals surface area contributed by atoms with E-state index in [4.69, 9.17) is 6.42 Å². The Morgan fingerprint density at radius 2 is 1.95 bits per heavy atom. The number of anilines is 1. The average molecular weight is 296 g/mol. The quantitative estimate of drug-likeness (QED) is 0.805. The van der Waals surface area contributed by atoms with Crippen LogP contribution in [-0.4, -0.2) is 19.0 Å². The zero-order valence-electron chi connectivity index (χ0n) is 12.1. The van der Waals surface area contributed by atoms with Gasteiger partial charge in [0.2, 0.25) is 5.91 Å². The average Bonchev–Trinajstić information content (AvgIpc) is 2.55. The molecule has 0 unspecified atom stereocenters. The number of amides is 1. The molecule has 0 fully saturated rings. The van der Waals surface area contributed by atoms with Crippen LogP contribution in [0.4, 0.5) is 10.1 Å². The summed E-state index contributed by atoms with van der Waals surface area (Å²) in [5.74, 6) is 2.18. The van der Waals surface area contributed by atoms with E-state index < -0.39 is 0 Å². The van der Waals surface area contributed by atoms with Crippen LogP contribution < -0.4 is 10.6 Å². The molecule has 2 aromatic rings. The predicted molar refractivity (Wildman–Crippen MR) is 86.0 cm³/mol. The highest BCUT2D eigenvalue weighted by Gasteiger charge is 2.01. The van der Waals surface area contributed by atoms with Gasteiger partial charge >= 0.3 is 0 Å². The lowest BCUT2D eigenvalue weighted by Gasteiger charge is -2.08. The maximum atomic E-state index is 12.8. The summed E-state index contributed by atoms with van der Waals surface area (Å²) in [5, 5.41) is 5.83. The van der Waals surface area contributed by atoms with E-state index in [9.17, 15) is 9.18 Å². The van der Waals surface area contributed by atoms with E-state index >= 15 is 0 Å². The van der Waals surface area contributed by atoms with E-state index in [0.29, 0.717) is 13.0 Å². The highest BCUT2D eigenvalue weighted by Crippen LogP contribution is 2.09. The summed E-state index contributed by atoms with van der Waals surface area (Å²) in [6.45, 7) is 0.688. The number of hydrogen-bond donors (Lipinski definition) is 2. The molecule has 2 aromatic carbocycles. The first kappa shape index (κ1) is 15.6. The molecule has 2 N–H and O–H groups in total. The summed E-state index contributed by atoms with van der Waals surface area (Å²) in [7, 11) is 0. The zero-order valence-corrected chi connectivity index (χ0v) is 12.1. The molecule has 22 heavy (non-hydrogen) atoms. The minimum absolute atomic E-state index is 0.103. The van der Waals surface area contributed by atoms with Crippen LogP contribution in [0.2, 0.25) is 0 Å².